The van der Waals surface area contributed by atoms with E-state index in [1.807, 2.05) is 32.9 Å². The van der Waals surface area contributed by atoms with E-state index in [2.05, 4.69) is 33.9 Å². The zero-order valence-electron chi connectivity index (χ0n) is 18.2. The molecule has 0 saturated carbocycles. The largest absolute Gasteiger partial charge is 0.444 e. The average molecular weight is 417 g/mol. The van der Waals surface area contributed by atoms with Gasteiger partial charge < -0.3 is 24.1 Å². The van der Waals surface area contributed by atoms with Crippen molar-refractivity contribution in [1.82, 2.24) is 4.90 Å². The van der Waals surface area contributed by atoms with Crippen molar-refractivity contribution in [2.24, 2.45) is 16.1 Å². The molecule has 8 nitrogen and oxygen atoms in total. The van der Waals surface area contributed by atoms with E-state index < -0.39 is 5.60 Å². The summed E-state index contributed by atoms with van der Waals surface area (Å²) >= 11 is 0. The van der Waals surface area contributed by atoms with Crippen LogP contribution in [0.4, 0.5) is 10.5 Å². The summed E-state index contributed by atoms with van der Waals surface area (Å²) in [6, 6.07) is 8.08. The standard InChI is InChI=1S/C22H32N4O4/c1-22(2,3)29-21(27)26-10-9-17(16-26)15-24-20(30-23-4)18-5-7-19(8-6-18)25-11-13-28-14-12-25/h5-8,17H,4,9-16H2,1-3H3/b24-20-. The summed E-state index contributed by atoms with van der Waals surface area (Å²) in [6.45, 7) is 14.2. The highest BCUT2D eigenvalue weighted by molar-refractivity contribution is 5.94. The summed E-state index contributed by atoms with van der Waals surface area (Å²) in [6.07, 6.45) is 0.616. The van der Waals surface area contributed by atoms with E-state index in [1.54, 1.807) is 4.90 Å². The van der Waals surface area contributed by atoms with Crippen molar-refractivity contribution in [2.45, 2.75) is 32.8 Å². The molecule has 2 saturated heterocycles. The molecule has 2 aliphatic heterocycles. The highest BCUT2D eigenvalue weighted by atomic mass is 16.6. The van der Waals surface area contributed by atoms with Gasteiger partial charge in [-0.1, -0.05) is 5.16 Å². The van der Waals surface area contributed by atoms with Crippen LogP contribution in [-0.4, -0.2) is 75.1 Å². The Morgan fingerprint density at radius 2 is 1.90 bits per heavy atom. The number of likely N-dealkylation sites (tertiary alicyclic amines) is 1. The molecule has 164 valence electrons. The lowest BCUT2D eigenvalue weighted by Crippen LogP contribution is -2.36. The normalized spacial score (nSPS) is 20.2. The molecule has 0 bridgehead atoms. The molecule has 8 heteroatoms. The van der Waals surface area contributed by atoms with Crippen LogP contribution < -0.4 is 4.90 Å². The van der Waals surface area contributed by atoms with Gasteiger partial charge in [0, 0.05) is 50.7 Å². The number of aliphatic imine (C=N–C) groups is 1. The number of rotatable bonds is 5. The van der Waals surface area contributed by atoms with E-state index in [0.29, 0.717) is 25.5 Å². The summed E-state index contributed by atoms with van der Waals surface area (Å²) in [7, 11) is 0. The minimum Gasteiger partial charge on any atom is -0.444 e. The Kier molecular flexibility index (Phi) is 7.31. The summed E-state index contributed by atoms with van der Waals surface area (Å²) < 4.78 is 10.9. The first-order valence-corrected chi connectivity index (χ1v) is 10.4. The Morgan fingerprint density at radius 3 is 2.53 bits per heavy atom. The van der Waals surface area contributed by atoms with Crippen LogP contribution in [0.25, 0.3) is 0 Å². The minimum absolute atomic E-state index is 0.258. The van der Waals surface area contributed by atoms with Crippen LogP contribution in [0.1, 0.15) is 32.8 Å². The number of hydrogen-bond acceptors (Lipinski definition) is 7. The fourth-order valence-corrected chi connectivity index (χ4v) is 3.56. The SMILES string of the molecule is C=NO/C(=N\CC1CCN(C(=O)OC(C)(C)C)C1)c1ccc(N2CCOCC2)cc1. The van der Waals surface area contributed by atoms with Gasteiger partial charge in [-0.25, -0.2) is 9.79 Å². The molecule has 0 aliphatic carbocycles. The summed E-state index contributed by atoms with van der Waals surface area (Å²) in [5, 5.41) is 3.56. The van der Waals surface area contributed by atoms with Gasteiger partial charge >= 0.3 is 6.09 Å². The predicted molar refractivity (Wildman–Crippen MR) is 117 cm³/mol. The second kappa shape index (κ2) is 9.93. The summed E-state index contributed by atoms with van der Waals surface area (Å²) in [5.41, 5.74) is 1.51. The fourth-order valence-electron chi connectivity index (χ4n) is 3.56. The molecule has 0 spiro atoms. The van der Waals surface area contributed by atoms with Crippen LogP contribution in [0.5, 0.6) is 0 Å². The molecule has 2 aliphatic rings. The topological polar surface area (TPSA) is 76.0 Å². The molecule has 0 N–H and O–H groups in total. The first-order chi connectivity index (χ1) is 14.4. The Bertz CT molecular complexity index is 751. The molecule has 0 radical (unpaired) electrons. The van der Waals surface area contributed by atoms with Gasteiger partial charge in [-0.15, -0.1) is 0 Å². The van der Waals surface area contributed by atoms with Crippen molar-refractivity contribution in [2.75, 3.05) is 50.8 Å². The number of carbonyl (C=O) groups excluding carboxylic acids is 1. The highest BCUT2D eigenvalue weighted by Crippen LogP contribution is 2.21. The van der Waals surface area contributed by atoms with Gasteiger partial charge in [0.05, 0.1) is 13.2 Å². The Labute approximate surface area is 178 Å². The molecule has 1 amide bonds. The predicted octanol–water partition coefficient (Wildman–Crippen LogP) is 3.16. The number of morpholine rings is 1. The number of carbonyl (C=O) groups is 1. The van der Waals surface area contributed by atoms with Gasteiger partial charge in [0.1, 0.15) is 5.60 Å². The van der Waals surface area contributed by atoms with Gasteiger partial charge in [-0.3, -0.25) is 0 Å². The quantitative estimate of drug-likeness (QED) is 0.419. The zero-order valence-corrected chi connectivity index (χ0v) is 18.2. The van der Waals surface area contributed by atoms with Gasteiger partial charge in [0.2, 0.25) is 0 Å². The second-order valence-corrected chi connectivity index (χ2v) is 8.59. The third-order valence-corrected chi connectivity index (χ3v) is 5.07. The van der Waals surface area contributed by atoms with Crippen molar-refractivity contribution in [1.29, 1.82) is 0 Å². The Hall–Kier alpha value is -2.61. The Balaban J connectivity index is 1.59. The first-order valence-electron chi connectivity index (χ1n) is 10.4. The van der Waals surface area contributed by atoms with Crippen molar-refractivity contribution in [3.63, 3.8) is 0 Å². The molecule has 2 heterocycles. The molecule has 0 aromatic heterocycles. The number of nitrogens with zero attached hydrogens (tertiary/aromatic N) is 4. The number of ether oxygens (including phenoxy) is 2. The van der Waals surface area contributed by atoms with Gasteiger partial charge in [-0.05, 0) is 57.4 Å². The number of hydrogen-bond donors (Lipinski definition) is 0. The molecule has 30 heavy (non-hydrogen) atoms. The molecular formula is C22H32N4O4. The van der Waals surface area contributed by atoms with E-state index in [4.69, 9.17) is 14.3 Å². The summed E-state index contributed by atoms with van der Waals surface area (Å²) in [5.74, 6) is 0.697. The highest BCUT2D eigenvalue weighted by Gasteiger charge is 2.29. The van der Waals surface area contributed by atoms with Crippen LogP contribution in [0.2, 0.25) is 0 Å². The zero-order chi connectivity index (χ0) is 21.6. The van der Waals surface area contributed by atoms with Crippen LogP contribution >= 0.6 is 0 Å². The molecule has 2 fully saturated rings. The monoisotopic (exact) mass is 416 g/mol. The van der Waals surface area contributed by atoms with Gasteiger partial charge in [0.25, 0.3) is 5.90 Å². The van der Waals surface area contributed by atoms with Crippen LogP contribution in [0, 0.1) is 5.92 Å². The van der Waals surface area contributed by atoms with Crippen molar-refractivity contribution >= 4 is 24.4 Å². The van der Waals surface area contributed by atoms with E-state index in [-0.39, 0.29) is 12.0 Å². The minimum atomic E-state index is -0.489. The van der Waals surface area contributed by atoms with Crippen molar-refractivity contribution < 1.29 is 19.1 Å². The van der Waals surface area contributed by atoms with E-state index in [0.717, 1.165) is 44.0 Å². The third kappa shape index (κ3) is 6.19. The fraction of sp³-hybridized carbons (Fsp3) is 0.591. The smallest absolute Gasteiger partial charge is 0.410 e. The van der Waals surface area contributed by atoms with E-state index in [9.17, 15) is 4.79 Å². The summed E-state index contributed by atoms with van der Waals surface area (Å²) in [4.78, 5) is 26.2. The maximum absolute atomic E-state index is 12.2. The van der Waals surface area contributed by atoms with E-state index in [1.165, 1.54) is 0 Å². The first kappa shape index (κ1) is 22.1. The molecule has 1 aromatic rings. The maximum Gasteiger partial charge on any atom is 0.410 e. The molecule has 1 unspecified atom stereocenters. The molecule has 1 aromatic carbocycles. The van der Waals surface area contributed by atoms with Gasteiger partial charge in [0.15, 0.2) is 0 Å². The Morgan fingerprint density at radius 1 is 1.20 bits per heavy atom. The number of anilines is 1. The number of benzene rings is 1. The van der Waals surface area contributed by atoms with Crippen LogP contribution in [-0.2, 0) is 14.3 Å². The van der Waals surface area contributed by atoms with Crippen LogP contribution in [0.3, 0.4) is 0 Å². The average Bonchev–Trinajstić information content (AvgIpc) is 3.20. The molecule has 1 atom stereocenters. The lowest BCUT2D eigenvalue weighted by Gasteiger charge is -2.28. The third-order valence-electron chi connectivity index (χ3n) is 5.07. The second-order valence-electron chi connectivity index (χ2n) is 8.59. The lowest BCUT2D eigenvalue weighted by molar-refractivity contribution is 0.0289. The van der Waals surface area contributed by atoms with Crippen molar-refractivity contribution in [3.8, 4) is 0 Å². The maximum atomic E-state index is 12.2. The molecular weight excluding hydrogens is 384 g/mol. The van der Waals surface area contributed by atoms with Crippen LogP contribution in [0.15, 0.2) is 34.4 Å². The number of amides is 1. The lowest BCUT2D eigenvalue weighted by atomic mass is 10.1. The number of oxime groups is 1. The molecule has 3 rings (SSSR count). The van der Waals surface area contributed by atoms with Crippen molar-refractivity contribution in [3.05, 3.63) is 29.8 Å². The van der Waals surface area contributed by atoms with E-state index >= 15 is 0 Å². The van der Waals surface area contributed by atoms with Gasteiger partial charge in [-0.2, -0.15) is 0 Å².